The van der Waals surface area contributed by atoms with E-state index in [1.807, 2.05) is 34.6 Å². The van der Waals surface area contributed by atoms with Crippen molar-refractivity contribution in [3.8, 4) is 0 Å². The van der Waals surface area contributed by atoms with Crippen molar-refractivity contribution in [2.75, 3.05) is 12.4 Å². The van der Waals surface area contributed by atoms with Gasteiger partial charge in [-0.05, 0) is 12.3 Å². The van der Waals surface area contributed by atoms with E-state index in [4.69, 9.17) is 16.3 Å². The van der Waals surface area contributed by atoms with E-state index < -0.39 is 6.04 Å². The molecule has 0 aliphatic heterocycles. The molecule has 0 aliphatic rings. The van der Waals surface area contributed by atoms with Crippen LogP contribution in [0.15, 0.2) is 6.07 Å². The first kappa shape index (κ1) is 17.7. The number of anilines is 1. The van der Waals surface area contributed by atoms with Crippen LogP contribution in [0, 0.1) is 5.92 Å². The Morgan fingerprint density at radius 3 is 2.48 bits per heavy atom. The van der Waals surface area contributed by atoms with Crippen LogP contribution in [0.1, 0.15) is 46.9 Å². The lowest BCUT2D eigenvalue weighted by Gasteiger charge is -2.21. The molecular formula is C15H24ClN3O2. The Morgan fingerprint density at radius 1 is 1.38 bits per heavy atom. The van der Waals surface area contributed by atoms with Gasteiger partial charge in [-0.1, -0.05) is 46.2 Å². The molecule has 1 unspecified atom stereocenters. The molecule has 0 spiro atoms. The first-order valence-electron chi connectivity index (χ1n) is 7.03. The third kappa shape index (κ3) is 5.50. The fourth-order valence-corrected chi connectivity index (χ4v) is 2.02. The van der Waals surface area contributed by atoms with Gasteiger partial charge in [-0.25, -0.2) is 14.8 Å². The normalized spacial score (nSPS) is 13.1. The minimum absolute atomic E-state index is 0.222. The number of nitrogens with one attached hydrogen (secondary N) is 1. The number of aromatic nitrogens is 2. The Labute approximate surface area is 131 Å². The first-order chi connectivity index (χ1) is 9.63. The molecule has 5 nitrogen and oxygen atoms in total. The van der Waals surface area contributed by atoms with Crippen molar-refractivity contribution >= 4 is 23.4 Å². The third-order valence-corrected chi connectivity index (χ3v) is 3.07. The second-order valence-corrected chi connectivity index (χ2v) is 6.89. The van der Waals surface area contributed by atoms with E-state index in [1.54, 1.807) is 6.07 Å². The minimum Gasteiger partial charge on any atom is -0.467 e. The van der Waals surface area contributed by atoms with Crippen LogP contribution in [0.5, 0.6) is 0 Å². The van der Waals surface area contributed by atoms with E-state index >= 15 is 0 Å². The molecule has 0 fully saturated rings. The molecule has 1 atom stereocenters. The Kier molecular flexibility index (Phi) is 5.96. The Balaban J connectivity index is 3.03. The van der Waals surface area contributed by atoms with Crippen molar-refractivity contribution in [1.29, 1.82) is 0 Å². The molecule has 0 amide bonds. The van der Waals surface area contributed by atoms with Gasteiger partial charge >= 0.3 is 5.97 Å². The summed E-state index contributed by atoms with van der Waals surface area (Å²) in [4.78, 5) is 20.5. The van der Waals surface area contributed by atoms with E-state index in [2.05, 4.69) is 15.3 Å². The van der Waals surface area contributed by atoms with Gasteiger partial charge in [0.1, 0.15) is 22.8 Å². The molecule has 6 heteroatoms. The molecular weight excluding hydrogens is 290 g/mol. The summed E-state index contributed by atoms with van der Waals surface area (Å²) in [5.74, 6) is 1.21. The van der Waals surface area contributed by atoms with Gasteiger partial charge < -0.3 is 10.1 Å². The second-order valence-electron chi connectivity index (χ2n) is 6.50. The summed E-state index contributed by atoms with van der Waals surface area (Å²) < 4.78 is 4.84. The zero-order valence-electron chi connectivity index (χ0n) is 13.5. The lowest BCUT2D eigenvalue weighted by Crippen LogP contribution is -2.32. The zero-order valence-corrected chi connectivity index (χ0v) is 14.3. The maximum absolute atomic E-state index is 11.9. The van der Waals surface area contributed by atoms with Crippen LogP contribution >= 0.6 is 11.6 Å². The van der Waals surface area contributed by atoms with E-state index in [9.17, 15) is 4.79 Å². The van der Waals surface area contributed by atoms with Crippen LogP contribution in [-0.2, 0) is 14.9 Å². The van der Waals surface area contributed by atoms with Crippen LogP contribution in [-0.4, -0.2) is 29.1 Å². The highest BCUT2D eigenvalue weighted by atomic mass is 35.5. The molecule has 0 aliphatic carbocycles. The van der Waals surface area contributed by atoms with Crippen LogP contribution < -0.4 is 5.32 Å². The zero-order chi connectivity index (χ0) is 16.2. The van der Waals surface area contributed by atoms with Gasteiger partial charge in [0.2, 0.25) is 0 Å². The molecule has 0 aromatic carbocycles. The fraction of sp³-hybridized carbons (Fsp3) is 0.667. The van der Waals surface area contributed by atoms with Crippen molar-refractivity contribution in [3.63, 3.8) is 0 Å². The average Bonchev–Trinajstić information content (AvgIpc) is 2.34. The average molecular weight is 314 g/mol. The van der Waals surface area contributed by atoms with Crippen molar-refractivity contribution in [2.24, 2.45) is 5.92 Å². The van der Waals surface area contributed by atoms with Crippen molar-refractivity contribution in [3.05, 3.63) is 17.0 Å². The molecule has 0 bridgehead atoms. The molecule has 0 saturated heterocycles. The van der Waals surface area contributed by atoms with Gasteiger partial charge in [0.15, 0.2) is 0 Å². The van der Waals surface area contributed by atoms with Crippen molar-refractivity contribution in [1.82, 2.24) is 9.97 Å². The molecule has 0 saturated carbocycles. The van der Waals surface area contributed by atoms with Crippen LogP contribution in [0.3, 0.4) is 0 Å². The Hall–Kier alpha value is -1.36. The molecule has 1 aromatic heterocycles. The van der Waals surface area contributed by atoms with E-state index in [-0.39, 0.29) is 11.4 Å². The van der Waals surface area contributed by atoms with Gasteiger partial charge in [0, 0.05) is 11.5 Å². The quantitative estimate of drug-likeness (QED) is 0.666. The number of rotatable bonds is 5. The Morgan fingerprint density at radius 2 is 2.00 bits per heavy atom. The number of nitrogens with zero attached hydrogens (tertiary/aromatic N) is 2. The van der Waals surface area contributed by atoms with Gasteiger partial charge in [0.25, 0.3) is 0 Å². The molecule has 21 heavy (non-hydrogen) atoms. The van der Waals surface area contributed by atoms with Gasteiger partial charge in [0.05, 0.1) is 7.11 Å². The highest BCUT2D eigenvalue weighted by molar-refractivity contribution is 6.29. The smallest absolute Gasteiger partial charge is 0.328 e. The highest BCUT2D eigenvalue weighted by Crippen LogP contribution is 2.23. The first-order valence-corrected chi connectivity index (χ1v) is 7.40. The number of esters is 1. The van der Waals surface area contributed by atoms with Gasteiger partial charge in [-0.3, -0.25) is 0 Å². The number of hydrogen-bond donors (Lipinski definition) is 1. The minimum atomic E-state index is -0.450. The van der Waals surface area contributed by atoms with E-state index in [0.717, 1.165) is 0 Å². The Bertz CT molecular complexity index is 498. The number of ether oxygens (including phenoxy) is 1. The second kappa shape index (κ2) is 7.07. The topological polar surface area (TPSA) is 64.1 Å². The molecule has 1 aromatic rings. The number of carbonyl (C=O) groups is 1. The van der Waals surface area contributed by atoms with Gasteiger partial charge in [-0.2, -0.15) is 0 Å². The summed E-state index contributed by atoms with van der Waals surface area (Å²) in [7, 11) is 1.38. The van der Waals surface area contributed by atoms with Crippen LogP contribution in [0.2, 0.25) is 5.15 Å². The SMILES string of the molecule is COC(=O)C(CC(C)C)Nc1cc(Cl)nc(C(C)(C)C)n1. The highest BCUT2D eigenvalue weighted by Gasteiger charge is 2.23. The summed E-state index contributed by atoms with van der Waals surface area (Å²) in [5.41, 5.74) is -0.222. The number of methoxy groups -OCH3 is 1. The largest absolute Gasteiger partial charge is 0.467 e. The number of carbonyl (C=O) groups excluding carboxylic acids is 1. The maximum Gasteiger partial charge on any atom is 0.328 e. The molecule has 0 radical (unpaired) electrons. The molecule has 1 N–H and O–H groups in total. The van der Waals surface area contributed by atoms with Gasteiger partial charge in [-0.15, -0.1) is 0 Å². The molecule has 1 rings (SSSR count). The molecule has 118 valence electrons. The predicted molar refractivity (Wildman–Crippen MR) is 84.6 cm³/mol. The van der Waals surface area contributed by atoms with Crippen molar-refractivity contribution in [2.45, 2.75) is 52.5 Å². The molecule has 1 heterocycles. The third-order valence-electron chi connectivity index (χ3n) is 2.88. The maximum atomic E-state index is 11.9. The fourth-order valence-electron chi connectivity index (χ4n) is 1.83. The van der Waals surface area contributed by atoms with E-state index in [0.29, 0.717) is 29.1 Å². The summed E-state index contributed by atoms with van der Waals surface area (Å²) in [5, 5.41) is 3.46. The monoisotopic (exact) mass is 313 g/mol. The summed E-state index contributed by atoms with van der Waals surface area (Å²) in [6.45, 7) is 10.1. The predicted octanol–water partition coefficient (Wildman–Crippen LogP) is 3.43. The van der Waals surface area contributed by atoms with E-state index in [1.165, 1.54) is 7.11 Å². The summed E-state index contributed by atoms with van der Waals surface area (Å²) in [6.07, 6.45) is 0.652. The summed E-state index contributed by atoms with van der Waals surface area (Å²) in [6, 6.07) is 1.17. The number of halogens is 1. The number of hydrogen-bond acceptors (Lipinski definition) is 5. The van der Waals surface area contributed by atoms with Crippen molar-refractivity contribution < 1.29 is 9.53 Å². The lowest BCUT2D eigenvalue weighted by molar-refractivity contribution is -0.141. The summed E-state index contributed by atoms with van der Waals surface area (Å²) >= 11 is 6.05. The lowest BCUT2D eigenvalue weighted by atomic mass is 9.96. The standard InChI is InChI=1S/C15H24ClN3O2/c1-9(2)7-10(13(20)21-6)17-12-8-11(16)18-14(19-12)15(3,4)5/h8-10H,7H2,1-6H3,(H,17,18,19). The van der Waals surface area contributed by atoms with Crippen LogP contribution in [0.4, 0.5) is 5.82 Å². The van der Waals surface area contributed by atoms with Crippen LogP contribution in [0.25, 0.3) is 0 Å².